The third kappa shape index (κ3) is 30.7. The maximum atomic E-state index is 14.0. The summed E-state index contributed by atoms with van der Waals surface area (Å²) in [4.78, 5) is 155. The highest BCUT2D eigenvalue weighted by Crippen LogP contribution is 2.30. The summed E-state index contributed by atoms with van der Waals surface area (Å²) in [5, 5.41) is 12.5. The van der Waals surface area contributed by atoms with Gasteiger partial charge in [-0.25, -0.2) is 57.5 Å². The lowest BCUT2D eigenvalue weighted by atomic mass is 10.0. The Morgan fingerprint density at radius 1 is 0.199 bits per heavy atom. The van der Waals surface area contributed by atoms with Crippen LogP contribution in [0.2, 0.25) is 0 Å². The summed E-state index contributed by atoms with van der Waals surface area (Å²) in [5.41, 5.74) is 1.24. The molecule has 0 amide bonds. The third-order valence-corrected chi connectivity index (χ3v) is 21.6. The molecule has 0 radical (unpaired) electrons. The van der Waals surface area contributed by atoms with Gasteiger partial charge in [0.1, 0.15) is 62.6 Å². The van der Waals surface area contributed by atoms with E-state index in [1.807, 2.05) is 24.3 Å². The van der Waals surface area contributed by atoms with E-state index in [-0.39, 0.29) is 127 Å². The van der Waals surface area contributed by atoms with Gasteiger partial charge in [-0.15, -0.1) is 0 Å². The molecule has 0 bridgehead atoms. The molecule has 0 aliphatic carbocycles. The molecule has 136 heavy (non-hydrogen) atoms. The minimum Gasteiger partial charge on any atom is -0.494 e. The SMILES string of the molecule is O=C(O)c1ccc(-c2ccc(C(=O)Oc3cc(C(=O)OCCCCOc4cc(C(=O)OCCCCCCOc5ccc6ccc(=O)oc6c5)cc(C(=O)OCCCCCCOc5ccc6ccc(=O)oc6c5)c4)cc(C(=O)OCCCCOc4cc(C(=O)OCCCCCCOc5ccc6ccc(=O)oc6c5)cc(C(=O)OCCCCCCOc5ccc6ccc(=O)oc6c5)c4)c3)cc2)cc1. The number of unbranched alkanes of at least 4 members (excludes halogenated alkanes) is 14. The average Bonchev–Trinajstić information content (AvgIpc) is 0.469. The van der Waals surface area contributed by atoms with Crippen LogP contribution >= 0.6 is 0 Å². The smallest absolute Gasteiger partial charge is 0.343 e. The first-order valence-electron chi connectivity index (χ1n) is 45.3. The Morgan fingerprint density at radius 3 is 0.669 bits per heavy atom. The quantitative estimate of drug-likeness (QED) is 0.0122. The molecular formula is C106H102O30. The van der Waals surface area contributed by atoms with Gasteiger partial charge in [-0.1, -0.05) is 24.3 Å². The van der Waals surface area contributed by atoms with Crippen molar-refractivity contribution in [2.24, 2.45) is 0 Å². The summed E-state index contributed by atoms with van der Waals surface area (Å²) < 4.78 is 96.8. The second-order valence-electron chi connectivity index (χ2n) is 31.9. The number of rotatable bonds is 54. The molecule has 706 valence electrons. The first-order valence-corrected chi connectivity index (χ1v) is 45.3. The number of benzene rings is 9. The molecular weight excluding hydrogens is 1750 g/mol. The van der Waals surface area contributed by atoms with Gasteiger partial charge < -0.3 is 84.4 Å². The Kier molecular flexibility index (Phi) is 36.6. The van der Waals surface area contributed by atoms with Gasteiger partial charge in [-0.3, -0.25) is 0 Å². The second-order valence-corrected chi connectivity index (χ2v) is 31.9. The monoisotopic (exact) mass is 1850 g/mol. The van der Waals surface area contributed by atoms with E-state index in [1.165, 1.54) is 103 Å². The highest BCUT2D eigenvalue weighted by atomic mass is 16.6. The highest BCUT2D eigenvalue weighted by Gasteiger charge is 2.23. The topological polar surface area (TPSA) is 398 Å². The number of carboxylic acid groups (broad SMARTS) is 1. The van der Waals surface area contributed by atoms with Crippen molar-refractivity contribution in [1.82, 2.24) is 0 Å². The average molecular weight is 1860 g/mol. The maximum Gasteiger partial charge on any atom is 0.343 e. The summed E-state index contributed by atoms with van der Waals surface area (Å²) in [5.74, 6) is -4.11. The van der Waals surface area contributed by atoms with Crippen LogP contribution in [-0.4, -0.2) is 132 Å². The highest BCUT2D eigenvalue weighted by molar-refractivity contribution is 5.99. The van der Waals surface area contributed by atoms with Crippen LogP contribution in [0.25, 0.3) is 55.0 Å². The fourth-order valence-corrected chi connectivity index (χ4v) is 14.3. The summed E-state index contributed by atoms with van der Waals surface area (Å²) >= 11 is 0. The number of carbonyl (C=O) groups excluding carboxylic acids is 7. The Hall–Kier alpha value is -15.6. The molecule has 13 rings (SSSR count). The molecule has 4 aromatic heterocycles. The van der Waals surface area contributed by atoms with Crippen molar-refractivity contribution < 1.29 is 123 Å². The first kappa shape index (κ1) is 97.9. The van der Waals surface area contributed by atoms with Gasteiger partial charge in [0, 0.05) is 70.1 Å². The number of fused-ring (bicyclic) bond motifs is 4. The second kappa shape index (κ2) is 50.9. The summed E-state index contributed by atoms with van der Waals surface area (Å²) in [7, 11) is 0. The van der Waals surface area contributed by atoms with Crippen molar-refractivity contribution in [1.29, 1.82) is 0 Å². The van der Waals surface area contributed by atoms with E-state index in [0.717, 1.165) is 47.2 Å². The molecule has 30 heteroatoms. The van der Waals surface area contributed by atoms with E-state index in [9.17, 15) is 62.6 Å². The zero-order chi connectivity index (χ0) is 95.2. The predicted molar refractivity (Wildman–Crippen MR) is 500 cm³/mol. The molecule has 1 N–H and O–H groups in total. The molecule has 13 aromatic rings. The van der Waals surface area contributed by atoms with Crippen LogP contribution in [0.5, 0.6) is 40.2 Å². The lowest BCUT2D eigenvalue weighted by molar-refractivity contribution is 0.0476. The van der Waals surface area contributed by atoms with Gasteiger partial charge in [-0.05, 0) is 291 Å². The van der Waals surface area contributed by atoms with E-state index < -0.39 is 70.3 Å². The van der Waals surface area contributed by atoms with E-state index in [4.69, 9.17) is 79.2 Å². The van der Waals surface area contributed by atoms with E-state index in [1.54, 1.807) is 97.1 Å². The van der Waals surface area contributed by atoms with Gasteiger partial charge in [0.15, 0.2) is 0 Å². The number of aromatic carboxylic acids is 1. The maximum absolute atomic E-state index is 14.0. The molecule has 4 heterocycles. The van der Waals surface area contributed by atoms with Gasteiger partial charge in [0.05, 0.1) is 124 Å². The molecule has 0 aliphatic rings. The van der Waals surface area contributed by atoms with E-state index in [0.29, 0.717) is 173 Å². The summed E-state index contributed by atoms with van der Waals surface area (Å²) in [6, 6.07) is 58.0. The first-order chi connectivity index (χ1) is 66.2. The van der Waals surface area contributed by atoms with E-state index in [2.05, 4.69) is 0 Å². The Morgan fingerprint density at radius 2 is 0.412 bits per heavy atom. The Bertz CT molecular complexity index is 5950. The molecule has 0 spiro atoms. The fraction of sp³-hybridized carbons (Fsp3) is 0.302. The molecule has 30 nitrogen and oxygen atoms in total. The Balaban J connectivity index is 0.596. The van der Waals surface area contributed by atoms with E-state index >= 15 is 0 Å². The van der Waals surface area contributed by atoms with Crippen LogP contribution in [0, 0.1) is 0 Å². The van der Waals surface area contributed by atoms with Gasteiger partial charge in [0.2, 0.25) is 0 Å². The lowest BCUT2D eigenvalue weighted by Gasteiger charge is -2.13. The number of hydrogen-bond donors (Lipinski definition) is 1. The van der Waals surface area contributed by atoms with Crippen LogP contribution in [0.15, 0.2) is 261 Å². The number of hydrogen-bond acceptors (Lipinski definition) is 29. The molecule has 0 aliphatic heterocycles. The molecule has 9 aromatic carbocycles. The summed E-state index contributed by atoms with van der Waals surface area (Å²) in [6.07, 6.45) is 12.0. The van der Waals surface area contributed by atoms with Crippen molar-refractivity contribution in [3.05, 3.63) is 311 Å². The molecule has 0 unspecified atom stereocenters. The van der Waals surface area contributed by atoms with Crippen LogP contribution in [0.1, 0.15) is 211 Å². The molecule has 0 saturated carbocycles. The van der Waals surface area contributed by atoms with Crippen LogP contribution in [0.4, 0.5) is 0 Å². The largest absolute Gasteiger partial charge is 0.494 e. The van der Waals surface area contributed by atoms with Crippen molar-refractivity contribution in [3.63, 3.8) is 0 Å². The van der Waals surface area contributed by atoms with Crippen molar-refractivity contribution in [2.75, 3.05) is 79.3 Å². The molecule has 0 atom stereocenters. The number of carboxylic acids is 1. The molecule has 0 saturated heterocycles. The minimum absolute atomic E-state index is 0.0296. The normalized spacial score (nSPS) is 11.1. The van der Waals surface area contributed by atoms with Crippen molar-refractivity contribution in [2.45, 2.75) is 128 Å². The zero-order valence-corrected chi connectivity index (χ0v) is 74.8. The van der Waals surface area contributed by atoms with Crippen molar-refractivity contribution >= 4 is 91.6 Å². The minimum atomic E-state index is -1.09. The standard InChI is InChI=1S/C106H102O30/c107-95-41-33-72-29-37-84(66-91(72)133-95)120-45-9-1-5-13-51-126-100(113)78-57-79(101(114)127-52-14-6-2-10-46-121-85-38-30-73-34-42-96(108)134-92(73)67-85)61-88(60-78)124-49-17-19-55-130-104(117)82-59-83(65-90(64-82)132-106(119)77-27-23-71(24-28-77)70-21-25-76(26-22-70)99(111)112)105(118)131-56-20-18-50-125-89-62-80(102(115)128-53-15-7-3-11-47-122-86-39-31-74-35-43-97(109)135-93(74)68-86)58-81(63-89)103(116)129-54-16-8-4-12-48-123-87-40-32-75-36-44-98(110)136-94(75)69-87/h21-44,57-69H,1-20,45-56H2,(H,111,112). The number of ether oxygens (including phenoxy) is 13. The van der Waals surface area contributed by atoms with Crippen LogP contribution < -0.4 is 55.7 Å². The third-order valence-electron chi connectivity index (χ3n) is 21.6. The van der Waals surface area contributed by atoms with Gasteiger partial charge >= 0.3 is 70.3 Å². The Labute approximate surface area is 780 Å². The predicted octanol–water partition coefficient (Wildman–Crippen LogP) is 19.9. The van der Waals surface area contributed by atoms with Crippen LogP contribution in [-0.2, 0) is 28.4 Å². The number of esters is 7. The lowest BCUT2D eigenvalue weighted by Crippen LogP contribution is -2.14. The molecule has 0 fully saturated rings. The van der Waals surface area contributed by atoms with Gasteiger partial charge in [-0.2, -0.15) is 0 Å². The van der Waals surface area contributed by atoms with Gasteiger partial charge in [0.25, 0.3) is 0 Å². The summed E-state index contributed by atoms with van der Waals surface area (Å²) in [6.45, 7) is 1.73. The van der Waals surface area contributed by atoms with Crippen molar-refractivity contribution in [3.8, 4) is 51.4 Å². The van der Waals surface area contributed by atoms with Crippen LogP contribution in [0.3, 0.4) is 0 Å². The number of carbonyl (C=O) groups is 8. The fourth-order valence-electron chi connectivity index (χ4n) is 14.3. The zero-order valence-electron chi connectivity index (χ0n) is 74.8.